The number of nitrogen functional groups attached to an aromatic ring is 1. The number of nitrogens with two attached hydrogens (primary N) is 1. The highest BCUT2D eigenvalue weighted by molar-refractivity contribution is 5.91. The van der Waals surface area contributed by atoms with Crippen LogP contribution in [0, 0.1) is 0 Å². The number of anilines is 1. The first-order valence-electron chi connectivity index (χ1n) is 4.76. The summed E-state index contributed by atoms with van der Waals surface area (Å²) in [7, 11) is 1.76. The molecular weight excluding hydrogens is 180 g/mol. The van der Waals surface area contributed by atoms with E-state index < -0.39 is 0 Å². The van der Waals surface area contributed by atoms with Crippen molar-refractivity contribution in [3.05, 3.63) is 17.9 Å². The average molecular weight is 196 g/mol. The Labute approximate surface area is 83.7 Å². The van der Waals surface area contributed by atoms with Crippen molar-refractivity contribution < 1.29 is 9.21 Å². The van der Waals surface area contributed by atoms with Crippen molar-refractivity contribution in [2.24, 2.45) is 0 Å². The molecule has 0 atom stereocenters. The molecule has 0 aliphatic rings. The van der Waals surface area contributed by atoms with E-state index in [4.69, 9.17) is 10.2 Å². The molecule has 0 saturated heterocycles. The number of carbonyl (C=O) groups excluding carboxylic acids is 1. The van der Waals surface area contributed by atoms with Crippen molar-refractivity contribution in [2.75, 3.05) is 19.3 Å². The molecular formula is C10H16N2O2. The van der Waals surface area contributed by atoms with Crippen LogP contribution in [0.15, 0.2) is 16.5 Å². The molecule has 2 N–H and O–H groups in total. The van der Waals surface area contributed by atoms with Crippen LogP contribution in [0.25, 0.3) is 0 Å². The van der Waals surface area contributed by atoms with Gasteiger partial charge in [-0.1, -0.05) is 13.3 Å². The number of carbonyl (C=O) groups is 1. The van der Waals surface area contributed by atoms with E-state index in [9.17, 15) is 4.79 Å². The largest absolute Gasteiger partial charge is 0.436 e. The van der Waals surface area contributed by atoms with Crippen LogP contribution >= 0.6 is 0 Å². The Balaban J connectivity index is 2.56. The molecule has 0 saturated carbocycles. The molecule has 0 aliphatic carbocycles. The van der Waals surface area contributed by atoms with Crippen molar-refractivity contribution >= 4 is 11.8 Å². The minimum absolute atomic E-state index is 0.116. The Bertz CT molecular complexity index is 307. The second kappa shape index (κ2) is 4.69. The number of hydrogen-bond donors (Lipinski definition) is 1. The predicted molar refractivity (Wildman–Crippen MR) is 55.0 cm³/mol. The van der Waals surface area contributed by atoms with E-state index in [0.29, 0.717) is 5.76 Å². The summed E-state index contributed by atoms with van der Waals surface area (Å²) >= 11 is 0. The van der Waals surface area contributed by atoms with Crippen LogP contribution in [-0.4, -0.2) is 24.4 Å². The van der Waals surface area contributed by atoms with Crippen molar-refractivity contribution in [3.8, 4) is 0 Å². The number of hydrogen-bond acceptors (Lipinski definition) is 3. The summed E-state index contributed by atoms with van der Waals surface area (Å²) in [4.78, 5) is 13.3. The Kier molecular flexibility index (Phi) is 3.56. The Hall–Kier alpha value is -1.45. The van der Waals surface area contributed by atoms with Crippen LogP contribution in [0.3, 0.4) is 0 Å². The second-order valence-corrected chi connectivity index (χ2v) is 3.28. The molecule has 0 aliphatic heterocycles. The van der Waals surface area contributed by atoms with Gasteiger partial charge >= 0.3 is 0 Å². The summed E-state index contributed by atoms with van der Waals surface area (Å²) in [6.07, 6.45) is 2.07. The highest BCUT2D eigenvalue weighted by Crippen LogP contribution is 2.11. The van der Waals surface area contributed by atoms with Gasteiger partial charge in [-0.2, -0.15) is 0 Å². The third-order valence-corrected chi connectivity index (χ3v) is 2.03. The van der Waals surface area contributed by atoms with Crippen LogP contribution in [-0.2, 0) is 0 Å². The fourth-order valence-corrected chi connectivity index (χ4v) is 1.15. The molecule has 1 amide bonds. The fraction of sp³-hybridized carbons (Fsp3) is 0.500. The molecule has 0 aromatic carbocycles. The minimum atomic E-state index is -0.116. The summed E-state index contributed by atoms with van der Waals surface area (Å²) in [6, 6.07) is 3.18. The lowest BCUT2D eigenvalue weighted by atomic mass is 10.3. The number of unbranched alkanes of at least 4 members (excludes halogenated alkanes) is 1. The molecule has 1 aromatic heterocycles. The number of nitrogens with zero attached hydrogens (tertiary/aromatic N) is 1. The second-order valence-electron chi connectivity index (χ2n) is 3.28. The van der Waals surface area contributed by atoms with Crippen molar-refractivity contribution in [1.29, 1.82) is 0 Å². The van der Waals surface area contributed by atoms with Crippen LogP contribution < -0.4 is 5.73 Å². The molecule has 0 bridgehead atoms. The molecule has 4 heteroatoms. The van der Waals surface area contributed by atoms with Crippen LogP contribution in [0.4, 0.5) is 5.88 Å². The quantitative estimate of drug-likeness (QED) is 0.797. The van der Waals surface area contributed by atoms with E-state index >= 15 is 0 Å². The van der Waals surface area contributed by atoms with E-state index in [1.807, 2.05) is 0 Å². The van der Waals surface area contributed by atoms with Crippen molar-refractivity contribution in [2.45, 2.75) is 19.8 Å². The molecule has 1 heterocycles. The normalized spacial score (nSPS) is 10.1. The lowest BCUT2D eigenvalue weighted by Crippen LogP contribution is -2.27. The van der Waals surface area contributed by atoms with Gasteiger partial charge in [-0.05, 0) is 12.5 Å². The summed E-state index contributed by atoms with van der Waals surface area (Å²) in [5.74, 6) is 0.466. The van der Waals surface area contributed by atoms with Gasteiger partial charge in [0.25, 0.3) is 5.91 Å². The predicted octanol–water partition coefficient (Wildman–Crippen LogP) is 1.73. The summed E-state index contributed by atoms with van der Waals surface area (Å²) in [5, 5.41) is 0. The Morgan fingerprint density at radius 2 is 2.29 bits per heavy atom. The third kappa shape index (κ3) is 2.52. The maximum atomic E-state index is 11.6. The standard InChI is InChI=1S/C10H16N2O2/c1-3-4-7-12(2)10(13)8-5-6-9(11)14-8/h5-6H,3-4,7,11H2,1-2H3. The molecule has 1 rings (SSSR count). The molecule has 4 nitrogen and oxygen atoms in total. The van der Waals surface area contributed by atoms with E-state index in [2.05, 4.69) is 6.92 Å². The van der Waals surface area contributed by atoms with Crippen molar-refractivity contribution in [1.82, 2.24) is 4.90 Å². The van der Waals surface area contributed by atoms with E-state index in [1.165, 1.54) is 0 Å². The topological polar surface area (TPSA) is 59.5 Å². The maximum Gasteiger partial charge on any atom is 0.289 e. The smallest absolute Gasteiger partial charge is 0.289 e. The first-order chi connectivity index (χ1) is 6.65. The number of furan rings is 1. The van der Waals surface area contributed by atoms with Crippen LogP contribution in [0.2, 0.25) is 0 Å². The van der Waals surface area contributed by atoms with Gasteiger partial charge < -0.3 is 15.1 Å². The zero-order chi connectivity index (χ0) is 10.6. The van der Waals surface area contributed by atoms with Gasteiger partial charge in [-0.25, -0.2) is 0 Å². The van der Waals surface area contributed by atoms with Gasteiger partial charge in [0, 0.05) is 19.7 Å². The summed E-state index contributed by atoms with van der Waals surface area (Å²) in [6.45, 7) is 2.83. The highest BCUT2D eigenvalue weighted by atomic mass is 16.4. The molecule has 78 valence electrons. The Morgan fingerprint density at radius 1 is 1.57 bits per heavy atom. The monoisotopic (exact) mass is 196 g/mol. The van der Waals surface area contributed by atoms with E-state index in [-0.39, 0.29) is 11.8 Å². The molecule has 14 heavy (non-hydrogen) atoms. The van der Waals surface area contributed by atoms with Crippen LogP contribution in [0.1, 0.15) is 30.3 Å². The Morgan fingerprint density at radius 3 is 2.79 bits per heavy atom. The SMILES string of the molecule is CCCCN(C)C(=O)c1ccc(N)o1. The molecule has 1 aromatic rings. The first kappa shape index (κ1) is 10.6. The van der Waals surface area contributed by atoms with E-state index in [1.54, 1.807) is 24.1 Å². The lowest BCUT2D eigenvalue weighted by Gasteiger charge is -2.14. The van der Waals surface area contributed by atoms with Crippen LogP contribution in [0.5, 0.6) is 0 Å². The maximum absolute atomic E-state index is 11.6. The van der Waals surface area contributed by atoms with Gasteiger partial charge in [0.05, 0.1) is 0 Å². The first-order valence-corrected chi connectivity index (χ1v) is 4.76. The van der Waals surface area contributed by atoms with Crippen molar-refractivity contribution in [3.63, 3.8) is 0 Å². The molecule has 0 fully saturated rings. The minimum Gasteiger partial charge on any atom is -0.436 e. The zero-order valence-electron chi connectivity index (χ0n) is 8.62. The van der Waals surface area contributed by atoms with Gasteiger partial charge in [0.15, 0.2) is 11.6 Å². The fourth-order valence-electron chi connectivity index (χ4n) is 1.15. The number of rotatable bonds is 4. The van der Waals surface area contributed by atoms with Gasteiger partial charge in [0.1, 0.15) is 0 Å². The molecule has 0 spiro atoms. The molecule has 0 unspecified atom stereocenters. The molecule has 0 radical (unpaired) electrons. The van der Waals surface area contributed by atoms with E-state index in [0.717, 1.165) is 19.4 Å². The highest BCUT2D eigenvalue weighted by Gasteiger charge is 2.14. The summed E-state index contributed by atoms with van der Waals surface area (Å²) in [5.41, 5.74) is 5.38. The van der Waals surface area contributed by atoms with Gasteiger partial charge in [0.2, 0.25) is 0 Å². The third-order valence-electron chi connectivity index (χ3n) is 2.03. The average Bonchev–Trinajstić information content (AvgIpc) is 2.60. The zero-order valence-corrected chi connectivity index (χ0v) is 8.62. The lowest BCUT2D eigenvalue weighted by molar-refractivity contribution is 0.0763. The number of amides is 1. The van der Waals surface area contributed by atoms with Gasteiger partial charge in [-0.15, -0.1) is 0 Å². The summed E-state index contributed by atoms with van der Waals surface area (Å²) < 4.78 is 5.03. The van der Waals surface area contributed by atoms with Gasteiger partial charge in [-0.3, -0.25) is 4.79 Å².